The van der Waals surface area contributed by atoms with Crippen molar-refractivity contribution in [1.82, 2.24) is 5.32 Å². The molecule has 0 heterocycles. The number of carboxylic acid groups (broad SMARTS) is 1. The molecule has 4 aliphatic carbocycles. The van der Waals surface area contributed by atoms with Gasteiger partial charge in [0.15, 0.2) is 0 Å². The van der Waals surface area contributed by atoms with Crippen LogP contribution in [0.1, 0.15) is 85.5 Å². The molecule has 0 amide bonds. The second-order valence-electron chi connectivity index (χ2n) is 11.9. The monoisotopic (exact) mass is 433 g/mol. The number of rotatable bonds is 6. The zero-order chi connectivity index (χ0) is 22.6. The second kappa shape index (κ2) is 8.44. The largest absolute Gasteiger partial charge is 0.481 e. The molecule has 0 spiro atoms. The molecular formula is C26H43NO4. The van der Waals surface area contributed by atoms with Gasteiger partial charge in [-0.05, 0) is 86.5 Å². The van der Waals surface area contributed by atoms with Gasteiger partial charge in [-0.3, -0.25) is 9.59 Å². The Labute approximate surface area is 187 Å². The van der Waals surface area contributed by atoms with Gasteiger partial charge in [0.1, 0.15) is 5.78 Å². The number of aliphatic hydroxyl groups excluding tert-OH is 1. The Bertz CT molecular complexity index is 710. The van der Waals surface area contributed by atoms with E-state index in [1.54, 1.807) is 0 Å². The van der Waals surface area contributed by atoms with Crippen LogP contribution < -0.4 is 5.32 Å². The van der Waals surface area contributed by atoms with Crippen molar-refractivity contribution in [2.24, 2.45) is 46.3 Å². The van der Waals surface area contributed by atoms with Crippen molar-refractivity contribution in [1.29, 1.82) is 0 Å². The molecule has 0 aromatic rings. The summed E-state index contributed by atoms with van der Waals surface area (Å²) in [4.78, 5) is 24.7. The molecule has 0 aromatic carbocycles. The molecule has 0 aliphatic heterocycles. The molecule has 4 aliphatic rings. The van der Waals surface area contributed by atoms with Gasteiger partial charge in [0.05, 0.1) is 6.10 Å². The van der Waals surface area contributed by atoms with Crippen LogP contribution in [0.3, 0.4) is 0 Å². The average Bonchev–Trinajstić information content (AvgIpc) is 3.07. The highest BCUT2D eigenvalue weighted by Gasteiger charge is 2.65. The Kier molecular flexibility index (Phi) is 6.33. The second-order valence-corrected chi connectivity index (χ2v) is 11.9. The molecule has 0 radical (unpaired) electrons. The first-order valence-corrected chi connectivity index (χ1v) is 12.8. The zero-order valence-corrected chi connectivity index (χ0v) is 19.9. The summed E-state index contributed by atoms with van der Waals surface area (Å²) in [7, 11) is 0. The van der Waals surface area contributed by atoms with Gasteiger partial charge in [-0.25, -0.2) is 0 Å². The van der Waals surface area contributed by atoms with E-state index >= 15 is 0 Å². The number of nitrogens with one attached hydrogen (secondary N) is 1. The van der Waals surface area contributed by atoms with Crippen molar-refractivity contribution >= 4 is 11.8 Å². The fourth-order valence-electron chi connectivity index (χ4n) is 8.89. The van der Waals surface area contributed by atoms with Crippen molar-refractivity contribution in [2.45, 2.75) is 97.6 Å². The first-order chi connectivity index (χ1) is 14.6. The zero-order valence-electron chi connectivity index (χ0n) is 19.9. The Hall–Kier alpha value is -0.940. The summed E-state index contributed by atoms with van der Waals surface area (Å²) in [5.41, 5.74) is -0.112. The molecular weight excluding hydrogens is 390 g/mol. The van der Waals surface area contributed by atoms with E-state index in [9.17, 15) is 14.7 Å². The lowest BCUT2D eigenvalue weighted by Crippen LogP contribution is -2.61. The van der Waals surface area contributed by atoms with E-state index in [2.05, 4.69) is 33.0 Å². The number of carbonyl (C=O) groups excluding carboxylic acids is 1. The normalized spacial score (nSPS) is 47.9. The summed E-state index contributed by atoms with van der Waals surface area (Å²) < 4.78 is 0. The molecule has 5 nitrogen and oxygen atoms in total. The van der Waals surface area contributed by atoms with Crippen molar-refractivity contribution < 1.29 is 19.8 Å². The van der Waals surface area contributed by atoms with Crippen molar-refractivity contribution in [2.75, 3.05) is 6.54 Å². The van der Waals surface area contributed by atoms with Gasteiger partial charge in [0, 0.05) is 30.2 Å². The number of carboxylic acids is 1. The number of hydrogen-bond donors (Lipinski definition) is 3. The van der Waals surface area contributed by atoms with Crippen molar-refractivity contribution in [3.8, 4) is 0 Å². The maximum absolute atomic E-state index is 13.6. The van der Waals surface area contributed by atoms with Gasteiger partial charge in [0.2, 0.25) is 0 Å². The van der Waals surface area contributed by atoms with Gasteiger partial charge in [-0.2, -0.15) is 0 Å². The van der Waals surface area contributed by atoms with Gasteiger partial charge >= 0.3 is 5.97 Å². The van der Waals surface area contributed by atoms with Crippen LogP contribution in [0, 0.1) is 46.3 Å². The van der Waals surface area contributed by atoms with Crippen LogP contribution in [-0.2, 0) is 9.59 Å². The van der Waals surface area contributed by atoms with Crippen LogP contribution in [0.5, 0.6) is 0 Å². The van der Waals surface area contributed by atoms with Crippen LogP contribution in [0.25, 0.3) is 0 Å². The van der Waals surface area contributed by atoms with E-state index in [0.29, 0.717) is 42.4 Å². The van der Waals surface area contributed by atoms with Gasteiger partial charge < -0.3 is 15.5 Å². The Balaban J connectivity index is 1.58. The molecule has 4 saturated carbocycles. The van der Waals surface area contributed by atoms with Crippen LogP contribution in [-0.4, -0.2) is 40.7 Å². The predicted octanol–water partition coefficient (Wildman–Crippen LogP) is 4.27. The quantitative estimate of drug-likeness (QED) is 0.582. The number of hydrogen-bond acceptors (Lipinski definition) is 4. The van der Waals surface area contributed by atoms with E-state index in [0.717, 1.165) is 38.6 Å². The predicted molar refractivity (Wildman–Crippen MR) is 120 cm³/mol. The van der Waals surface area contributed by atoms with Crippen molar-refractivity contribution in [3.63, 3.8) is 0 Å². The molecule has 31 heavy (non-hydrogen) atoms. The molecule has 0 saturated heterocycles. The van der Waals surface area contributed by atoms with Crippen LogP contribution in [0.15, 0.2) is 0 Å². The SMILES string of the molecule is CCNC1CC[C@@]2(C)[C@H](CC(=O)[C@@H]3[C@@H]2CC(O)[C@]2(C)[C@@H]([C@H](C)CCC(=O)O)CC[C@@H]32)C1. The molecule has 0 aromatic heterocycles. The standard InChI is InChI=1S/C26H43NO4/c1-5-27-17-10-11-25(3)16(12-17)13-21(28)24-19-8-7-18(15(2)6-9-23(30)31)26(19,4)22(29)14-20(24)25/h15-20,22,24,27,29H,5-14H2,1-4H3,(H,30,31)/t15-,16+,17?,18-,19+,20+,22?,24+,25+,26-/m1/s1. The number of aliphatic hydroxyl groups is 1. The van der Waals surface area contributed by atoms with E-state index in [4.69, 9.17) is 5.11 Å². The maximum Gasteiger partial charge on any atom is 0.303 e. The lowest BCUT2D eigenvalue weighted by atomic mass is 9.43. The Morgan fingerprint density at radius 1 is 1.19 bits per heavy atom. The topological polar surface area (TPSA) is 86.6 Å². The van der Waals surface area contributed by atoms with Gasteiger partial charge in [-0.15, -0.1) is 0 Å². The van der Waals surface area contributed by atoms with E-state index in [1.165, 1.54) is 6.42 Å². The number of Topliss-reactive ketones (excluding diaryl/α,β-unsaturated/α-hetero) is 1. The van der Waals surface area contributed by atoms with E-state index in [-0.39, 0.29) is 35.0 Å². The lowest BCUT2D eigenvalue weighted by molar-refractivity contribution is -0.179. The highest BCUT2D eigenvalue weighted by molar-refractivity contribution is 5.83. The third-order valence-electron chi connectivity index (χ3n) is 10.6. The minimum Gasteiger partial charge on any atom is -0.481 e. The summed E-state index contributed by atoms with van der Waals surface area (Å²) in [6.45, 7) is 9.93. The highest BCUT2D eigenvalue weighted by Crippen LogP contribution is 2.67. The lowest BCUT2D eigenvalue weighted by Gasteiger charge is -2.61. The van der Waals surface area contributed by atoms with Crippen molar-refractivity contribution in [3.05, 3.63) is 0 Å². The van der Waals surface area contributed by atoms with Crippen LogP contribution in [0.2, 0.25) is 0 Å². The molecule has 5 heteroatoms. The van der Waals surface area contributed by atoms with E-state index < -0.39 is 12.1 Å². The number of carbonyl (C=O) groups is 2. The molecule has 4 rings (SSSR count). The molecule has 4 fully saturated rings. The third-order valence-corrected chi connectivity index (χ3v) is 10.6. The minimum atomic E-state index is -0.745. The number of fused-ring (bicyclic) bond motifs is 5. The molecule has 0 bridgehead atoms. The highest BCUT2D eigenvalue weighted by atomic mass is 16.4. The fourth-order valence-corrected chi connectivity index (χ4v) is 8.89. The van der Waals surface area contributed by atoms with E-state index in [1.807, 2.05) is 0 Å². The summed E-state index contributed by atoms with van der Waals surface area (Å²) in [6.07, 6.45) is 7.33. The van der Waals surface area contributed by atoms with Gasteiger partial charge in [-0.1, -0.05) is 27.7 Å². The number of ketones is 1. The van der Waals surface area contributed by atoms with Crippen LogP contribution in [0.4, 0.5) is 0 Å². The summed E-state index contributed by atoms with van der Waals surface area (Å²) >= 11 is 0. The summed E-state index contributed by atoms with van der Waals surface area (Å²) in [5, 5.41) is 24.3. The average molecular weight is 434 g/mol. The summed E-state index contributed by atoms with van der Waals surface area (Å²) in [5.74, 6) is 1.32. The summed E-state index contributed by atoms with van der Waals surface area (Å²) in [6, 6.07) is 0.525. The minimum absolute atomic E-state index is 0.0852. The Morgan fingerprint density at radius 2 is 1.94 bits per heavy atom. The molecule has 10 atom stereocenters. The molecule has 2 unspecified atom stereocenters. The van der Waals surface area contributed by atoms with Gasteiger partial charge in [0.25, 0.3) is 0 Å². The molecule has 3 N–H and O–H groups in total. The maximum atomic E-state index is 13.6. The first kappa shape index (κ1) is 23.2. The first-order valence-electron chi connectivity index (χ1n) is 12.8. The third kappa shape index (κ3) is 3.68. The fraction of sp³-hybridized carbons (Fsp3) is 0.923. The number of aliphatic carboxylic acids is 1. The smallest absolute Gasteiger partial charge is 0.303 e. The Morgan fingerprint density at radius 3 is 2.61 bits per heavy atom. The molecule has 176 valence electrons. The van der Waals surface area contributed by atoms with Crippen LogP contribution >= 0.6 is 0 Å².